The topological polar surface area (TPSA) is 70.6 Å². The van der Waals surface area contributed by atoms with Gasteiger partial charge in [-0.2, -0.15) is 0 Å². The van der Waals surface area contributed by atoms with Crippen LogP contribution >= 0.6 is 11.3 Å². The molecule has 0 bridgehead atoms. The van der Waals surface area contributed by atoms with E-state index < -0.39 is 0 Å². The lowest BCUT2D eigenvalue weighted by Gasteiger charge is -2.21. The van der Waals surface area contributed by atoms with Gasteiger partial charge in [-0.1, -0.05) is 53.8 Å². The summed E-state index contributed by atoms with van der Waals surface area (Å²) in [4.78, 5) is 45.9. The average molecular weight is 470 g/mol. The van der Waals surface area contributed by atoms with Gasteiger partial charge in [0.15, 0.2) is 5.13 Å². The van der Waals surface area contributed by atoms with E-state index in [-0.39, 0.29) is 30.6 Å². The number of aryl methyl sites for hydroxylation is 2. The van der Waals surface area contributed by atoms with Gasteiger partial charge in [-0.3, -0.25) is 24.2 Å². The predicted molar refractivity (Wildman–Crippen MR) is 134 cm³/mol. The van der Waals surface area contributed by atoms with E-state index in [9.17, 15) is 14.4 Å². The number of rotatable bonds is 5. The maximum Gasteiger partial charge on any atom is 0.260 e. The molecule has 1 aliphatic heterocycles. The van der Waals surface area contributed by atoms with E-state index in [4.69, 9.17) is 4.98 Å². The highest BCUT2D eigenvalue weighted by Gasteiger charge is 2.31. The summed E-state index contributed by atoms with van der Waals surface area (Å²) >= 11 is 1.48. The summed E-state index contributed by atoms with van der Waals surface area (Å²) in [5.41, 5.74) is 4.94. The van der Waals surface area contributed by atoms with Gasteiger partial charge in [0.1, 0.15) is 0 Å². The van der Waals surface area contributed by atoms with E-state index >= 15 is 0 Å². The molecule has 0 spiro atoms. The largest absolute Gasteiger partial charge is 0.279 e. The second-order valence-electron chi connectivity index (χ2n) is 8.40. The fraction of sp³-hybridized carbons (Fsp3) is 0.185. The quantitative estimate of drug-likeness (QED) is 0.366. The number of anilines is 2. The van der Waals surface area contributed by atoms with Gasteiger partial charge in [0.25, 0.3) is 5.91 Å². The molecule has 1 saturated heterocycles. The van der Waals surface area contributed by atoms with Crippen molar-refractivity contribution >= 4 is 50.1 Å². The van der Waals surface area contributed by atoms with E-state index in [1.165, 1.54) is 16.2 Å². The molecule has 0 radical (unpaired) electrons. The Hall–Kier alpha value is -3.84. The van der Waals surface area contributed by atoms with Gasteiger partial charge in [-0.05, 0) is 54.8 Å². The van der Waals surface area contributed by atoms with Crippen molar-refractivity contribution in [3.05, 3.63) is 89.0 Å². The number of carbonyl (C=O) groups is 3. The highest BCUT2D eigenvalue weighted by atomic mass is 32.1. The third-order valence-corrected chi connectivity index (χ3v) is 7.18. The molecule has 3 amide bonds. The minimum Gasteiger partial charge on any atom is -0.279 e. The first kappa shape index (κ1) is 22.0. The molecule has 2 heterocycles. The van der Waals surface area contributed by atoms with Crippen LogP contribution in [0.3, 0.4) is 0 Å². The fourth-order valence-corrected chi connectivity index (χ4v) is 5.14. The summed E-state index contributed by atoms with van der Waals surface area (Å²) in [6.45, 7) is 4.44. The molecule has 3 aromatic carbocycles. The van der Waals surface area contributed by atoms with E-state index in [1.807, 2.05) is 50.2 Å². The predicted octanol–water partition coefficient (Wildman–Crippen LogP) is 5.41. The van der Waals surface area contributed by atoms with E-state index in [1.54, 1.807) is 29.2 Å². The number of aromatic nitrogens is 1. The molecular weight excluding hydrogens is 446 g/mol. The first-order valence-electron chi connectivity index (χ1n) is 11.1. The van der Waals surface area contributed by atoms with Crippen molar-refractivity contribution in [1.29, 1.82) is 0 Å². The molecule has 1 aliphatic rings. The van der Waals surface area contributed by atoms with E-state index in [0.29, 0.717) is 22.9 Å². The summed E-state index contributed by atoms with van der Waals surface area (Å²) in [6, 6.07) is 20.6. The molecule has 0 aliphatic carbocycles. The highest BCUT2D eigenvalue weighted by Crippen LogP contribution is 2.34. The molecule has 5 rings (SSSR count). The molecule has 34 heavy (non-hydrogen) atoms. The van der Waals surface area contributed by atoms with Gasteiger partial charge >= 0.3 is 0 Å². The minimum atomic E-state index is -0.243. The zero-order valence-corrected chi connectivity index (χ0v) is 19.8. The third-order valence-electron chi connectivity index (χ3n) is 6.14. The standard InChI is InChI=1S/C27H23N3O3S/c1-17-11-12-22-25(18(17)2)28-27(34-22)29(16-19-7-4-3-5-8-19)26(33)20-9-6-10-21(15-20)30-23(31)13-14-24(30)32/h3-12,15H,13-14,16H2,1-2H3. The zero-order valence-electron chi connectivity index (χ0n) is 18.9. The van der Waals surface area contributed by atoms with Crippen LogP contribution in [0.15, 0.2) is 66.7 Å². The molecule has 1 fully saturated rings. The minimum absolute atomic E-state index is 0.196. The molecule has 170 valence electrons. The van der Waals surface area contributed by atoms with Crippen molar-refractivity contribution in [3.8, 4) is 0 Å². The van der Waals surface area contributed by atoms with Crippen LogP contribution in [0.1, 0.15) is 39.9 Å². The number of thiazole rings is 1. The van der Waals surface area contributed by atoms with Crippen molar-refractivity contribution in [1.82, 2.24) is 4.98 Å². The van der Waals surface area contributed by atoms with Gasteiger partial charge in [0.05, 0.1) is 22.4 Å². The molecule has 1 aromatic heterocycles. The number of carbonyl (C=O) groups excluding carboxylic acids is 3. The van der Waals surface area contributed by atoms with E-state index in [0.717, 1.165) is 26.9 Å². The van der Waals surface area contributed by atoms with Gasteiger partial charge in [0.2, 0.25) is 11.8 Å². The second kappa shape index (κ2) is 8.83. The molecule has 7 heteroatoms. The van der Waals surface area contributed by atoms with Crippen LogP contribution in [-0.4, -0.2) is 22.7 Å². The van der Waals surface area contributed by atoms with Gasteiger partial charge in [-0.15, -0.1) is 0 Å². The lowest BCUT2D eigenvalue weighted by Crippen LogP contribution is -2.31. The van der Waals surface area contributed by atoms with Gasteiger partial charge in [0, 0.05) is 18.4 Å². The Labute approximate surface area is 201 Å². The number of nitrogens with zero attached hydrogens (tertiary/aromatic N) is 3. The second-order valence-corrected chi connectivity index (χ2v) is 9.41. The lowest BCUT2D eigenvalue weighted by molar-refractivity contribution is -0.121. The average Bonchev–Trinajstić information content (AvgIpc) is 3.43. The smallest absolute Gasteiger partial charge is 0.260 e. The Morgan fingerprint density at radius 3 is 2.44 bits per heavy atom. The van der Waals surface area contributed by atoms with Crippen molar-refractivity contribution in [2.24, 2.45) is 0 Å². The van der Waals surface area contributed by atoms with E-state index in [2.05, 4.69) is 6.07 Å². The van der Waals surface area contributed by atoms with Crippen molar-refractivity contribution < 1.29 is 14.4 Å². The van der Waals surface area contributed by atoms with Crippen LogP contribution in [0.5, 0.6) is 0 Å². The molecular formula is C27H23N3O3S. The molecule has 0 unspecified atom stereocenters. The molecule has 6 nitrogen and oxygen atoms in total. The Balaban J connectivity index is 1.56. The van der Waals surface area contributed by atoms with Crippen molar-refractivity contribution in [2.75, 3.05) is 9.80 Å². The first-order valence-corrected chi connectivity index (χ1v) is 11.9. The van der Waals surface area contributed by atoms with Crippen LogP contribution < -0.4 is 9.80 Å². The Morgan fingerprint density at radius 1 is 0.971 bits per heavy atom. The molecule has 0 atom stereocenters. The normalized spacial score (nSPS) is 13.6. The number of hydrogen-bond acceptors (Lipinski definition) is 5. The van der Waals surface area contributed by atoms with Gasteiger partial charge in [-0.25, -0.2) is 4.98 Å². The van der Waals surface area contributed by atoms with Gasteiger partial charge < -0.3 is 0 Å². The fourth-order valence-electron chi connectivity index (χ4n) is 4.12. The van der Waals surface area contributed by atoms with Crippen LogP contribution in [0.2, 0.25) is 0 Å². The number of benzene rings is 3. The maximum absolute atomic E-state index is 13.8. The monoisotopic (exact) mass is 469 g/mol. The molecule has 0 N–H and O–H groups in total. The third kappa shape index (κ3) is 3.99. The highest BCUT2D eigenvalue weighted by molar-refractivity contribution is 7.22. The summed E-state index contributed by atoms with van der Waals surface area (Å²) in [5.74, 6) is -0.723. The Morgan fingerprint density at radius 2 is 1.71 bits per heavy atom. The Kier molecular flexibility index (Phi) is 5.71. The van der Waals surface area contributed by atoms with Crippen LogP contribution in [0, 0.1) is 13.8 Å². The SMILES string of the molecule is Cc1ccc2sc(N(Cc3ccccc3)C(=O)c3cccc(N4C(=O)CCC4=O)c3)nc2c1C. The summed E-state index contributed by atoms with van der Waals surface area (Å²) in [6.07, 6.45) is 0.392. The number of fused-ring (bicyclic) bond motifs is 1. The van der Waals surface area contributed by atoms with Crippen LogP contribution in [0.25, 0.3) is 10.2 Å². The summed E-state index contributed by atoms with van der Waals surface area (Å²) in [7, 11) is 0. The van der Waals surface area contributed by atoms with Crippen LogP contribution in [0.4, 0.5) is 10.8 Å². The van der Waals surface area contributed by atoms with Crippen LogP contribution in [-0.2, 0) is 16.1 Å². The number of hydrogen-bond donors (Lipinski definition) is 0. The van der Waals surface area contributed by atoms with Crippen molar-refractivity contribution in [2.45, 2.75) is 33.2 Å². The Bertz CT molecular complexity index is 1410. The number of amides is 3. The molecule has 4 aromatic rings. The number of imide groups is 1. The summed E-state index contributed by atoms with van der Waals surface area (Å²) < 4.78 is 1.02. The van der Waals surface area contributed by atoms with Crippen molar-refractivity contribution in [3.63, 3.8) is 0 Å². The molecule has 0 saturated carbocycles. The first-order chi connectivity index (χ1) is 16.4. The maximum atomic E-state index is 13.8. The lowest BCUT2D eigenvalue weighted by atomic mass is 10.1. The zero-order chi connectivity index (χ0) is 23.8. The summed E-state index contributed by atoms with van der Waals surface area (Å²) in [5, 5.41) is 0.608.